The first-order chi connectivity index (χ1) is 10.5. The molecule has 0 aliphatic rings. The number of hydrogen-bond donors (Lipinski definition) is 0. The van der Waals surface area contributed by atoms with Crippen molar-refractivity contribution in [2.75, 3.05) is 8.46 Å². The van der Waals surface area contributed by atoms with Gasteiger partial charge in [-0.15, -0.1) is 0 Å². The van der Waals surface area contributed by atoms with Crippen LogP contribution >= 0.6 is 0 Å². The summed E-state index contributed by atoms with van der Waals surface area (Å²) in [7, 11) is -5.53. The fourth-order valence-electron chi connectivity index (χ4n) is 4.31. The molecule has 0 fully saturated rings. The molecule has 138 valence electrons. The summed E-state index contributed by atoms with van der Waals surface area (Å²) in [6.45, 7) is 29.6. The molecule has 1 aromatic carbocycles. The maximum absolute atomic E-state index is 2.80. The van der Waals surface area contributed by atoms with Crippen molar-refractivity contribution in [1.82, 2.24) is 0 Å². The van der Waals surface area contributed by atoms with Crippen molar-refractivity contribution in [3.05, 3.63) is 24.3 Å². The van der Waals surface area contributed by atoms with E-state index in [0.29, 0.717) is 0 Å². The molecule has 0 atom stereocenters. The zero-order chi connectivity index (χ0) is 19.1. The Hall–Kier alpha value is -0.312. The van der Waals surface area contributed by atoms with Crippen LogP contribution in [0.15, 0.2) is 24.3 Å². The molecular weight excluding hydrogens is 357 g/mol. The normalized spacial score (nSPS) is 13.8. The van der Waals surface area contributed by atoms with E-state index in [2.05, 4.69) is 111 Å². The molecule has 6 heteroatoms. The maximum atomic E-state index is 2.80. The van der Waals surface area contributed by atoms with Crippen LogP contribution in [0.3, 0.4) is 0 Å². The van der Waals surface area contributed by atoms with Crippen molar-refractivity contribution in [1.29, 1.82) is 0 Å². The van der Waals surface area contributed by atoms with E-state index in [-0.39, 0.29) is 0 Å². The smallest absolute Gasteiger partial charge is 0.138 e. The van der Waals surface area contributed by atoms with E-state index in [0.717, 1.165) is 0 Å². The molecule has 0 aliphatic heterocycles. The molecule has 0 spiro atoms. The first-order valence-corrected chi connectivity index (χ1v) is 23.0. The van der Waals surface area contributed by atoms with Crippen molar-refractivity contribution < 1.29 is 0 Å². The fourth-order valence-corrected chi connectivity index (χ4v) is 24.1. The molecule has 0 aromatic heterocycles. The Morgan fingerprint density at radius 3 is 0.708 bits per heavy atom. The van der Waals surface area contributed by atoms with E-state index in [9.17, 15) is 0 Å². The van der Waals surface area contributed by atoms with Gasteiger partial charge in [-0.1, -0.05) is 78.6 Å². The Balaban J connectivity index is 3.34. The van der Waals surface area contributed by atoms with Crippen molar-refractivity contribution in [2.24, 2.45) is 0 Å². The summed E-state index contributed by atoms with van der Waals surface area (Å²) in [6.07, 6.45) is 0. The quantitative estimate of drug-likeness (QED) is 0.497. The Morgan fingerprint density at radius 2 is 0.583 bits per heavy atom. The molecule has 0 N–H and O–H groups in total. The number of hydrogen-bond acceptors (Lipinski definition) is 2. The summed E-state index contributed by atoms with van der Waals surface area (Å²) >= 11 is 0. The van der Waals surface area contributed by atoms with Gasteiger partial charge in [0.15, 0.2) is 0 Å². The monoisotopic (exact) mass is 396 g/mol. The lowest BCUT2D eigenvalue weighted by atomic mass is 10.3. The van der Waals surface area contributed by atoms with Gasteiger partial charge in [-0.3, -0.25) is 0 Å². The fraction of sp³-hybridized carbons (Fsp3) is 0.667. The maximum Gasteiger partial charge on any atom is 0.138 e. The van der Waals surface area contributed by atoms with Crippen LogP contribution in [0.5, 0.6) is 0 Å². The summed E-state index contributed by atoms with van der Waals surface area (Å²) in [6, 6.07) is 9.55. The van der Waals surface area contributed by atoms with Gasteiger partial charge in [0.2, 0.25) is 0 Å². The largest absolute Gasteiger partial charge is 0.425 e. The van der Waals surface area contributed by atoms with E-state index in [1.54, 1.807) is 0 Å². The van der Waals surface area contributed by atoms with Crippen LogP contribution in [0.4, 0.5) is 11.4 Å². The van der Waals surface area contributed by atoms with Gasteiger partial charge in [0, 0.05) is 11.4 Å². The van der Waals surface area contributed by atoms with E-state index >= 15 is 0 Å². The minimum atomic E-state index is -1.38. The molecule has 1 rings (SSSR count). The van der Waals surface area contributed by atoms with Gasteiger partial charge in [0.1, 0.15) is 32.9 Å². The molecular formula is C18H40N2Si4. The Labute approximate surface area is 155 Å². The molecule has 1 aromatic rings. The van der Waals surface area contributed by atoms with Crippen molar-refractivity contribution in [3.63, 3.8) is 0 Å². The number of anilines is 2. The van der Waals surface area contributed by atoms with Gasteiger partial charge in [0.05, 0.1) is 0 Å². The summed E-state index contributed by atoms with van der Waals surface area (Å²) in [5, 5.41) is 0. The summed E-state index contributed by atoms with van der Waals surface area (Å²) < 4.78 is 5.61. The molecule has 0 saturated heterocycles. The highest BCUT2D eigenvalue weighted by Crippen LogP contribution is 2.33. The second kappa shape index (κ2) is 6.77. The van der Waals surface area contributed by atoms with E-state index in [4.69, 9.17) is 0 Å². The van der Waals surface area contributed by atoms with E-state index in [1.807, 2.05) is 0 Å². The lowest BCUT2D eigenvalue weighted by molar-refractivity contribution is 1.32. The average molecular weight is 397 g/mol. The van der Waals surface area contributed by atoms with E-state index in [1.165, 1.54) is 11.4 Å². The Kier molecular flexibility index (Phi) is 6.13. The van der Waals surface area contributed by atoms with Gasteiger partial charge in [-0.05, 0) is 24.3 Å². The minimum Gasteiger partial charge on any atom is -0.425 e. The van der Waals surface area contributed by atoms with Crippen molar-refractivity contribution >= 4 is 44.3 Å². The number of nitrogens with zero attached hydrogens (tertiary/aromatic N) is 2. The minimum absolute atomic E-state index is 1.38. The molecule has 0 bridgehead atoms. The molecule has 24 heavy (non-hydrogen) atoms. The summed E-state index contributed by atoms with van der Waals surface area (Å²) in [5.41, 5.74) is 2.87. The third-order valence-electron chi connectivity index (χ3n) is 4.05. The second-order valence-electron chi connectivity index (χ2n) is 10.9. The molecule has 0 heterocycles. The SMILES string of the molecule is C[Si](C)(C)N(c1ccc(N([Si](C)(C)C)[Si](C)(C)C)cc1)[Si](C)(C)C. The predicted molar refractivity (Wildman–Crippen MR) is 125 cm³/mol. The van der Waals surface area contributed by atoms with Crippen LogP contribution in [0.25, 0.3) is 0 Å². The highest BCUT2D eigenvalue weighted by atomic mass is 28.4. The zero-order valence-electron chi connectivity index (χ0n) is 18.2. The van der Waals surface area contributed by atoms with Crippen LogP contribution in [0, 0.1) is 0 Å². The molecule has 2 nitrogen and oxygen atoms in total. The molecule has 0 aliphatic carbocycles. The van der Waals surface area contributed by atoms with Gasteiger partial charge < -0.3 is 8.46 Å². The standard InChI is InChI=1S/C18H40N2Si4/c1-21(2,3)19(22(4,5)6)17-13-15-18(16-14-17)20(23(7,8)9)24(10,11)12/h13-16H,1-12H3. The lowest BCUT2D eigenvalue weighted by Gasteiger charge is -2.47. The number of benzene rings is 1. The molecule has 0 unspecified atom stereocenters. The average Bonchev–Trinajstić information content (AvgIpc) is 2.23. The topological polar surface area (TPSA) is 6.48 Å². The molecule has 0 amide bonds. The Morgan fingerprint density at radius 1 is 0.417 bits per heavy atom. The molecule has 0 radical (unpaired) electrons. The van der Waals surface area contributed by atoms with Crippen molar-refractivity contribution in [3.8, 4) is 0 Å². The van der Waals surface area contributed by atoms with Crippen LogP contribution < -0.4 is 8.46 Å². The number of rotatable bonds is 6. The van der Waals surface area contributed by atoms with Crippen LogP contribution in [-0.2, 0) is 0 Å². The Bertz CT molecular complexity index is 464. The highest BCUT2D eigenvalue weighted by Gasteiger charge is 2.36. The van der Waals surface area contributed by atoms with Gasteiger partial charge in [0.25, 0.3) is 0 Å². The van der Waals surface area contributed by atoms with Gasteiger partial charge in [-0.2, -0.15) is 0 Å². The third-order valence-corrected chi connectivity index (χ3v) is 18.5. The first kappa shape index (κ1) is 21.7. The van der Waals surface area contributed by atoms with Crippen LogP contribution in [0.1, 0.15) is 0 Å². The lowest BCUT2D eigenvalue weighted by Crippen LogP contribution is -2.60. The first-order valence-electron chi connectivity index (χ1n) is 9.16. The summed E-state index contributed by atoms with van der Waals surface area (Å²) in [4.78, 5) is 0. The highest BCUT2D eigenvalue weighted by molar-refractivity contribution is 7.00. The second-order valence-corrected chi connectivity index (χ2v) is 30.9. The predicted octanol–water partition coefficient (Wildman–Crippen LogP) is 6.64. The van der Waals surface area contributed by atoms with Crippen LogP contribution in [0.2, 0.25) is 78.6 Å². The van der Waals surface area contributed by atoms with Crippen molar-refractivity contribution in [2.45, 2.75) is 78.6 Å². The summed E-state index contributed by atoms with van der Waals surface area (Å²) in [5.74, 6) is 0. The van der Waals surface area contributed by atoms with Crippen LogP contribution in [-0.4, -0.2) is 32.9 Å². The van der Waals surface area contributed by atoms with E-state index < -0.39 is 32.9 Å². The zero-order valence-corrected chi connectivity index (χ0v) is 22.2. The third kappa shape index (κ3) is 5.34. The molecule has 0 saturated carbocycles. The van der Waals surface area contributed by atoms with Gasteiger partial charge >= 0.3 is 0 Å². The van der Waals surface area contributed by atoms with Gasteiger partial charge in [-0.25, -0.2) is 0 Å².